The smallest absolute Gasteiger partial charge is 0.218 e. The van der Waals surface area contributed by atoms with Gasteiger partial charge in [-0.3, -0.25) is 0 Å². The molecule has 1 saturated heterocycles. The number of nitrogens with one attached hydrogen (secondary N) is 1. The summed E-state index contributed by atoms with van der Waals surface area (Å²) in [5.74, 6) is 6.33. The maximum absolute atomic E-state index is 5.67. The van der Waals surface area contributed by atoms with Gasteiger partial charge in [-0.2, -0.15) is 0 Å². The molecule has 0 aromatic carbocycles. The van der Waals surface area contributed by atoms with E-state index >= 15 is 0 Å². The summed E-state index contributed by atoms with van der Waals surface area (Å²) < 4.78 is 10.9. The van der Waals surface area contributed by atoms with Gasteiger partial charge >= 0.3 is 0 Å². The van der Waals surface area contributed by atoms with Crippen molar-refractivity contribution in [2.24, 2.45) is 5.84 Å². The molecule has 0 atom stereocenters. The van der Waals surface area contributed by atoms with Crippen LogP contribution in [0.5, 0.6) is 5.88 Å². The topological polar surface area (TPSA) is 82.3 Å². The molecule has 1 aromatic rings. The number of hydrazine groups is 1. The van der Waals surface area contributed by atoms with Crippen LogP contribution in [0.2, 0.25) is 0 Å². The lowest BCUT2D eigenvalue weighted by Crippen LogP contribution is -2.26. The van der Waals surface area contributed by atoms with Crippen LogP contribution in [-0.4, -0.2) is 29.3 Å². The highest BCUT2D eigenvalue weighted by Gasteiger charge is 2.15. The minimum atomic E-state index is 0.180. The molecule has 0 bridgehead atoms. The van der Waals surface area contributed by atoms with Gasteiger partial charge < -0.3 is 14.9 Å². The van der Waals surface area contributed by atoms with Gasteiger partial charge in [-0.1, -0.05) is 0 Å². The molecule has 2 rings (SSSR count). The van der Waals surface area contributed by atoms with Crippen molar-refractivity contribution in [2.45, 2.75) is 18.9 Å². The number of ether oxygens (including phenoxy) is 2. The van der Waals surface area contributed by atoms with E-state index in [1.165, 1.54) is 6.33 Å². The van der Waals surface area contributed by atoms with Crippen molar-refractivity contribution in [1.82, 2.24) is 9.97 Å². The van der Waals surface area contributed by atoms with Crippen molar-refractivity contribution in [3.05, 3.63) is 12.4 Å². The first-order valence-electron chi connectivity index (χ1n) is 4.91. The van der Waals surface area contributed by atoms with Crippen LogP contribution in [0.4, 0.5) is 5.82 Å². The Bertz CT molecular complexity index is 315. The predicted molar refractivity (Wildman–Crippen MR) is 54.3 cm³/mol. The third-order valence-electron chi connectivity index (χ3n) is 2.25. The Morgan fingerprint density at radius 1 is 1.40 bits per heavy atom. The van der Waals surface area contributed by atoms with Gasteiger partial charge in [0, 0.05) is 18.9 Å². The standard InChI is InChI=1S/C9H14N4O2/c10-13-8-5-9(12-6-11-8)15-7-1-3-14-4-2-7/h5-7H,1-4,10H2,(H,11,12,13). The molecule has 1 aliphatic rings. The molecule has 3 N–H and O–H groups in total. The van der Waals surface area contributed by atoms with Crippen LogP contribution >= 0.6 is 0 Å². The van der Waals surface area contributed by atoms with Gasteiger partial charge in [-0.05, 0) is 0 Å². The summed E-state index contributed by atoms with van der Waals surface area (Å²) in [6.45, 7) is 1.50. The highest BCUT2D eigenvalue weighted by Crippen LogP contribution is 2.16. The van der Waals surface area contributed by atoms with E-state index in [4.69, 9.17) is 15.3 Å². The lowest BCUT2D eigenvalue weighted by atomic mass is 10.2. The van der Waals surface area contributed by atoms with Gasteiger partial charge in [0.15, 0.2) is 0 Å². The number of rotatable bonds is 3. The van der Waals surface area contributed by atoms with Crippen molar-refractivity contribution in [1.29, 1.82) is 0 Å². The van der Waals surface area contributed by atoms with Crippen LogP contribution in [0.1, 0.15) is 12.8 Å². The van der Waals surface area contributed by atoms with E-state index in [9.17, 15) is 0 Å². The van der Waals surface area contributed by atoms with Gasteiger partial charge in [0.2, 0.25) is 5.88 Å². The van der Waals surface area contributed by atoms with E-state index in [0.29, 0.717) is 11.7 Å². The van der Waals surface area contributed by atoms with Gasteiger partial charge in [0.25, 0.3) is 0 Å². The average Bonchev–Trinajstić information content (AvgIpc) is 2.31. The first-order chi connectivity index (χ1) is 7.38. The van der Waals surface area contributed by atoms with Crippen molar-refractivity contribution in [2.75, 3.05) is 18.6 Å². The third kappa shape index (κ3) is 2.77. The van der Waals surface area contributed by atoms with Crippen molar-refractivity contribution >= 4 is 5.82 Å². The molecule has 6 heteroatoms. The lowest BCUT2D eigenvalue weighted by molar-refractivity contribution is 0.0237. The molecule has 0 radical (unpaired) electrons. The van der Waals surface area contributed by atoms with Crippen molar-refractivity contribution in [3.63, 3.8) is 0 Å². The molecular formula is C9H14N4O2. The Labute approximate surface area is 87.8 Å². The summed E-state index contributed by atoms with van der Waals surface area (Å²) in [5, 5.41) is 0. The maximum Gasteiger partial charge on any atom is 0.218 e. The van der Waals surface area contributed by atoms with E-state index in [1.54, 1.807) is 6.07 Å². The quantitative estimate of drug-likeness (QED) is 0.552. The summed E-state index contributed by atoms with van der Waals surface area (Å²) in [6, 6.07) is 1.68. The first kappa shape index (κ1) is 10.1. The van der Waals surface area contributed by atoms with Gasteiger partial charge in [0.05, 0.1) is 13.2 Å². The molecule has 0 aliphatic carbocycles. The SMILES string of the molecule is NNc1cc(OC2CCOCC2)ncn1. The zero-order valence-corrected chi connectivity index (χ0v) is 8.35. The second-order valence-electron chi connectivity index (χ2n) is 3.32. The Hall–Kier alpha value is -1.40. The summed E-state index contributed by atoms with van der Waals surface area (Å²) in [6.07, 6.45) is 3.40. The van der Waals surface area contributed by atoms with Gasteiger partial charge in [-0.15, -0.1) is 0 Å². The number of nitrogens with zero attached hydrogens (tertiary/aromatic N) is 2. The molecule has 0 saturated carbocycles. The van der Waals surface area contributed by atoms with Crippen LogP contribution in [0.25, 0.3) is 0 Å². The number of anilines is 1. The fourth-order valence-electron chi connectivity index (χ4n) is 1.45. The highest BCUT2D eigenvalue weighted by molar-refractivity contribution is 5.35. The Balaban J connectivity index is 1.96. The van der Waals surface area contributed by atoms with E-state index in [2.05, 4.69) is 15.4 Å². The normalized spacial score (nSPS) is 17.4. The molecular weight excluding hydrogens is 196 g/mol. The molecule has 1 aromatic heterocycles. The van der Waals surface area contributed by atoms with E-state index in [0.717, 1.165) is 26.1 Å². The van der Waals surface area contributed by atoms with Crippen molar-refractivity contribution < 1.29 is 9.47 Å². The van der Waals surface area contributed by atoms with Crippen LogP contribution in [0.3, 0.4) is 0 Å². The second-order valence-corrected chi connectivity index (χ2v) is 3.32. The average molecular weight is 210 g/mol. The van der Waals surface area contributed by atoms with Gasteiger partial charge in [0.1, 0.15) is 18.2 Å². The number of nitrogen functional groups attached to an aromatic ring is 1. The lowest BCUT2D eigenvalue weighted by Gasteiger charge is -2.22. The molecule has 0 amide bonds. The number of nitrogens with two attached hydrogens (primary N) is 1. The maximum atomic E-state index is 5.67. The van der Waals surface area contributed by atoms with Gasteiger partial charge in [-0.25, -0.2) is 15.8 Å². The second kappa shape index (κ2) is 4.90. The first-order valence-corrected chi connectivity index (χ1v) is 4.91. The largest absolute Gasteiger partial charge is 0.474 e. The molecule has 0 spiro atoms. The van der Waals surface area contributed by atoms with Crippen LogP contribution in [0.15, 0.2) is 12.4 Å². The van der Waals surface area contributed by atoms with Crippen LogP contribution in [0, 0.1) is 0 Å². The zero-order valence-electron chi connectivity index (χ0n) is 8.35. The summed E-state index contributed by atoms with van der Waals surface area (Å²) in [7, 11) is 0. The fraction of sp³-hybridized carbons (Fsp3) is 0.556. The third-order valence-corrected chi connectivity index (χ3v) is 2.25. The summed E-state index contributed by atoms with van der Waals surface area (Å²) >= 11 is 0. The minimum Gasteiger partial charge on any atom is -0.474 e. The van der Waals surface area contributed by atoms with Crippen LogP contribution in [-0.2, 0) is 4.74 Å². The number of hydrogen-bond acceptors (Lipinski definition) is 6. The molecule has 15 heavy (non-hydrogen) atoms. The number of hydrogen-bond donors (Lipinski definition) is 2. The molecule has 82 valence electrons. The minimum absolute atomic E-state index is 0.180. The van der Waals surface area contributed by atoms with Crippen LogP contribution < -0.4 is 16.0 Å². The molecule has 6 nitrogen and oxygen atoms in total. The van der Waals surface area contributed by atoms with Crippen molar-refractivity contribution in [3.8, 4) is 5.88 Å². The molecule has 1 aliphatic heterocycles. The Kier molecular flexibility index (Phi) is 3.31. The Morgan fingerprint density at radius 3 is 2.93 bits per heavy atom. The van der Waals surface area contributed by atoms with E-state index in [1.807, 2.05) is 0 Å². The molecule has 0 unspecified atom stereocenters. The summed E-state index contributed by atoms with van der Waals surface area (Å²) in [4.78, 5) is 7.91. The van der Waals surface area contributed by atoms with E-state index < -0.39 is 0 Å². The number of aromatic nitrogens is 2. The Morgan fingerprint density at radius 2 is 2.20 bits per heavy atom. The predicted octanol–water partition coefficient (Wildman–Crippen LogP) is 0.320. The highest BCUT2D eigenvalue weighted by atomic mass is 16.5. The summed E-state index contributed by atoms with van der Waals surface area (Å²) in [5.41, 5.74) is 2.45. The fourth-order valence-corrected chi connectivity index (χ4v) is 1.45. The monoisotopic (exact) mass is 210 g/mol. The van der Waals surface area contributed by atoms with E-state index in [-0.39, 0.29) is 6.10 Å². The molecule has 1 fully saturated rings. The zero-order chi connectivity index (χ0) is 10.5. The molecule has 2 heterocycles.